The number of amides is 1. The Morgan fingerprint density at radius 2 is 2.12 bits per heavy atom. The molecule has 1 aromatic rings. The molecule has 3 heteroatoms. The van der Waals surface area contributed by atoms with Gasteiger partial charge < -0.3 is 10.4 Å². The molecule has 0 radical (unpaired) electrons. The molecule has 92 valence electrons. The number of hydrogen-bond donors (Lipinski definition) is 2. The molecule has 2 N–H and O–H groups in total. The summed E-state index contributed by atoms with van der Waals surface area (Å²) in [5, 5.41) is 12.0. The van der Waals surface area contributed by atoms with Gasteiger partial charge in [-0.1, -0.05) is 24.3 Å². The van der Waals surface area contributed by atoms with Gasteiger partial charge in [-0.15, -0.1) is 0 Å². The Kier molecular flexibility index (Phi) is 3.20. The highest BCUT2D eigenvalue weighted by Gasteiger charge is 2.45. The molecule has 0 saturated heterocycles. The quantitative estimate of drug-likeness (QED) is 0.828. The number of aliphatic hydroxyl groups excluding tert-OH is 1. The van der Waals surface area contributed by atoms with E-state index in [9.17, 15) is 4.79 Å². The van der Waals surface area contributed by atoms with Gasteiger partial charge in [0.05, 0.1) is 0 Å². The number of nitrogens with one attached hydrogen (secondary N) is 1. The van der Waals surface area contributed by atoms with Crippen LogP contribution in [-0.4, -0.2) is 23.7 Å². The van der Waals surface area contributed by atoms with Gasteiger partial charge >= 0.3 is 0 Å². The summed E-state index contributed by atoms with van der Waals surface area (Å²) < 4.78 is 0. The minimum Gasteiger partial charge on any atom is -0.384 e. The molecule has 1 unspecified atom stereocenters. The topological polar surface area (TPSA) is 49.3 Å². The molecule has 1 aliphatic rings. The molecule has 1 amide bonds. The zero-order valence-corrected chi connectivity index (χ0v) is 10.4. The van der Waals surface area contributed by atoms with E-state index in [1.807, 2.05) is 12.1 Å². The van der Waals surface area contributed by atoms with Gasteiger partial charge in [0.1, 0.15) is 6.10 Å². The maximum absolute atomic E-state index is 11.4. The molecule has 1 atom stereocenters. The Morgan fingerprint density at radius 3 is 2.65 bits per heavy atom. The third-order valence-corrected chi connectivity index (χ3v) is 3.55. The molecule has 0 aromatic heterocycles. The Morgan fingerprint density at radius 1 is 1.47 bits per heavy atom. The van der Waals surface area contributed by atoms with Crippen molar-refractivity contribution in [3.05, 3.63) is 35.4 Å². The van der Waals surface area contributed by atoms with E-state index in [0.717, 1.165) is 12.8 Å². The lowest BCUT2D eigenvalue weighted by Gasteiger charge is -2.19. The predicted molar refractivity (Wildman–Crippen MR) is 66.8 cm³/mol. The summed E-state index contributed by atoms with van der Waals surface area (Å²) in [6, 6.07) is 8.31. The lowest BCUT2D eigenvalue weighted by molar-refractivity contribution is -0.128. The molecule has 3 nitrogen and oxygen atoms in total. The minimum absolute atomic E-state index is 0.107. The number of carbonyl (C=O) groups is 1. The zero-order chi connectivity index (χ0) is 12.5. The van der Waals surface area contributed by atoms with Crippen LogP contribution in [0.4, 0.5) is 0 Å². The van der Waals surface area contributed by atoms with Gasteiger partial charge in [0.2, 0.25) is 5.91 Å². The lowest BCUT2D eigenvalue weighted by atomic mass is 9.92. The van der Waals surface area contributed by atoms with Gasteiger partial charge in [-0.2, -0.15) is 0 Å². The van der Waals surface area contributed by atoms with Crippen molar-refractivity contribution >= 4 is 5.91 Å². The van der Waals surface area contributed by atoms with Crippen molar-refractivity contribution in [2.45, 2.75) is 38.2 Å². The maximum atomic E-state index is 11.4. The summed E-state index contributed by atoms with van der Waals surface area (Å²) in [6.45, 7) is 4.22. The van der Waals surface area contributed by atoms with Crippen LogP contribution in [0.5, 0.6) is 0 Å². The molecule has 1 saturated carbocycles. The van der Waals surface area contributed by atoms with Crippen molar-refractivity contribution in [2.75, 3.05) is 6.54 Å². The largest absolute Gasteiger partial charge is 0.384 e. The van der Waals surface area contributed by atoms with E-state index in [1.54, 1.807) is 0 Å². The van der Waals surface area contributed by atoms with Crippen LogP contribution in [0.25, 0.3) is 0 Å². The Balaban J connectivity index is 2.06. The fraction of sp³-hybridized carbons (Fsp3) is 0.500. The van der Waals surface area contributed by atoms with Gasteiger partial charge in [-0.3, -0.25) is 4.79 Å². The molecule has 0 aliphatic heterocycles. The van der Waals surface area contributed by atoms with Crippen LogP contribution >= 0.6 is 0 Å². The number of carbonyl (C=O) groups excluding carboxylic acids is 1. The summed E-state index contributed by atoms with van der Waals surface area (Å²) in [6.07, 6.45) is 1.29. The summed E-state index contributed by atoms with van der Waals surface area (Å²) in [4.78, 5) is 11.4. The van der Waals surface area contributed by atoms with Crippen LogP contribution in [0.2, 0.25) is 0 Å². The highest BCUT2D eigenvalue weighted by molar-refractivity contribution is 5.80. The van der Waals surface area contributed by atoms with E-state index < -0.39 is 6.10 Å². The second kappa shape index (κ2) is 4.49. The van der Waals surface area contributed by atoms with Crippen molar-refractivity contribution in [3.63, 3.8) is 0 Å². The van der Waals surface area contributed by atoms with Crippen LogP contribution < -0.4 is 5.32 Å². The van der Waals surface area contributed by atoms with Crippen molar-refractivity contribution in [1.82, 2.24) is 5.32 Å². The third-order valence-electron chi connectivity index (χ3n) is 3.55. The zero-order valence-electron chi connectivity index (χ0n) is 10.4. The van der Waals surface area contributed by atoms with Crippen LogP contribution in [0, 0.1) is 6.92 Å². The van der Waals surface area contributed by atoms with Crippen LogP contribution in [0.15, 0.2) is 24.3 Å². The number of rotatable bonds is 4. The molecule has 2 rings (SSSR count). The number of aryl methyl sites for hydroxylation is 1. The summed E-state index contributed by atoms with van der Waals surface area (Å²) in [7, 11) is 0. The maximum Gasteiger partial charge on any atom is 0.248 e. The van der Waals surface area contributed by atoms with E-state index in [-0.39, 0.29) is 11.3 Å². The van der Waals surface area contributed by atoms with E-state index in [4.69, 9.17) is 5.11 Å². The van der Waals surface area contributed by atoms with Crippen LogP contribution in [-0.2, 0) is 10.2 Å². The first kappa shape index (κ1) is 12.1. The molecule has 0 spiro atoms. The van der Waals surface area contributed by atoms with E-state index in [2.05, 4.69) is 24.4 Å². The SMILES string of the molecule is Cc1ccccc1C1(CNC(=O)C(C)O)CC1. The van der Waals surface area contributed by atoms with Crippen LogP contribution in [0.1, 0.15) is 30.9 Å². The predicted octanol–water partition coefficient (Wildman–Crippen LogP) is 1.52. The van der Waals surface area contributed by atoms with Gasteiger partial charge in [0.15, 0.2) is 0 Å². The first-order valence-electron chi connectivity index (χ1n) is 6.07. The highest BCUT2D eigenvalue weighted by atomic mass is 16.3. The second-order valence-electron chi connectivity index (χ2n) is 4.99. The van der Waals surface area contributed by atoms with E-state index >= 15 is 0 Å². The summed E-state index contributed by atoms with van der Waals surface area (Å²) in [5.74, 6) is -0.287. The van der Waals surface area contributed by atoms with Gasteiger partial charge in [-0.25, -0.2) is 0 Å². The molecular formula is C14H19NO2. The van der Waals surface area contributed by atoms with Gasteiger partial charge in [0.25, 0.3) is 0 Å². The van der Waals surface area contributed by atoms with Crippen molar-refractivity contribution in [1.29, 1.82) is 0 Å². The number of aliphatic hydroxyl groups is 1. The number of benzene rings is 1. The first-order valence-corrected chi connectivity index (χ1v) is 6.07. The fourth-order valence-electron chi connectivity index (χ4n) is 2.26. The Hall–Kier alpha value is -1.35. The average molecular weight is 233 g/mol. The molecular weight excluding hydrogens is 214 g/mol. The molecule has 0 bridgehead atoms. The summed E-state index contributed by atoms with van der Waals surface area (Å²) >= 11 is 0. The fourth-order valence-corrected chi connectivity index (χ4v) is 2.26. The van der Waals surface area contributed by atoms with E-state index in [1.165, 1.54) is 18.1 Å². The van der Waals surface area contributed by atoms with Gasteiger partial charge in [-0.05, 0) is 37.8 Å². The molecule has 17 heavy (non-hydrogen) atoms. The van der Waals surface area contributed by atoms with Crippen LogP contribution in [0.3, 0.4) is 0 Å². The standard InChI is InChI=1S/C14H19NO2/c1-10-5-3-4-6-12(10)14(7-8-14)9-15-13(17)11(2)16/h3-6,11,16H,7-9H2,1-2H3,(H,15,17). The lowest BCUT2D eigenvalue weighted by Crippen LogP contribution is -2.38. The molecule has 0 heterocycles. The number of hydrogen-bond acceptors (Lipinski definition) is 2. The average Bonchev–Trinajstić information content (AvgIpc) is 3.07. The minimum atomic E-state index is -0.928. The smallest absolute Gasteiger partial charge is 0.248 e. The van der Waals surface area contributed by atoms with Gasteiger partial charge in [0, 0.05) is 12.0 Å². The molecule has 1 aliphatic carbocycles. The van der Waals surface area contributed by atoms with Crippen molar-refractivity contribution < 1.29 is 9.90 Å². The summed E-state index contributed by atoms with van der Waals surface area (Å²) in [5.41, 5.74) is 2.71. The molecule has 1 aromatic carbocycles. The van der Waals surface area contributed by atoms with Crippen molar-refractivity contribution in [3.8, 4) is 0 Å². The first-order chi connectivity index (χ1) is 8.05. The van der Waals surface area contributed by atoms with E-state index in [0.29, 0.717) is 6.54 Å². The monoisotopic (exact) mass is 233 g/mol. The second-order valence-corrected chi connectivity index (χ2v) is 4.99. The third kappa shape index (κ3) is 2.50. The normalized spacial score (nSPS) is 18.5. The van der Waals surface area contributed by atoms with Crippen molar-refractivity contribution in [2.24, 2.45) is 0 Å². The molecule has 1 fully saturated rings. The highest BCUT2D eigenvalue weighted by Crippen LogP contribution is 2.48. The Bertz CT molecular complexity index is 422. The Labute approximate surface area is 102 Å².